The second-order valence-corrected chi connectivity index (χ2v) is 23.8. The zero-order valence-electron chi connectivity index (χ0n) is 53.6. The fraction of sp³-hybridized carbons (Fsp3) is 0.824. The van der Waals surface area contributed by atoms with Crippen LogP contribution in [-0.2, 0) is 28.6 Å². The van der Waals surface area contributed by atoms with Crippen molar-refractivity contribution in [3.63, 3.8) is 0 Å². The van der Waals surface area contributed by atoms with Gasteiger partial charge in [0.15, 0.2) is 6.10 Å². The smallest absolute Gasteiger partial charge is 0.306 e. The van der Waals surface area contributed by atoms with Crippen LogP contribution in [0.1, 0.15) is 374 Å². The van der Waals surface area contributed by atoms with Gasteiger partial charge in [-0.3, -0.25) is 14.4 Å². The highest BCUT2D eigenvalue weighted by atomic mass is 16.6. The lowest BCUT2D eigenvalue weighted by Crippen LogP contribution is -2.30. The van der Waals surface area contributed by atoms with E-state index < -0.39 is 6.10 Å². The molecule has 0 amide bonds. The van der Waals surface area contributed by atoms with Gasteiger partial charge in [-0.25, -0.2) is 0 Å². The monoisotopic (exact) mass is 1120 g/mol. The van der Waals surface area contributed by atoms with E-state index in [4.69, 9.17) is 14.2 Å². The second kappa shape index (κ2) is 68.6. The highest BCUT2D eigenvalue weighted by Crippen LogP contribution is 2.18. The molecule has 0 radical (unpaired) electrons. The predicted octanol–water partition coefficient (Wildman–Crippen LogP) is 24.3. The molecule has 80 heavy (non-hydrogen) atoms. The van der Waals surface area contributed by atoms with Crippen molar-refractivity contribution in [1.82, 2.24) is 0 Å². The van der Waals surface area contributed by atoms with Gasteiger partial charge in [0, 0.05) is 19.3 Å². The summed E-state index contributed by atoms with van der Waals surface area (Å²) in [5.74, 6) is -0.905. The topological polar surface area (TPSA) is 78.9 Å². The lowest BCUT2D eigenvalue weighted by molar-refractivity contribution is -0.167. The van der Waals surface area contributed by atoms with Gasteiger partial charge in [-0.1, -0.05) is 313 Å². The first-order chi connectivity index (χ1) is 39.5. The van der Waals surface area contributed by atoms with E-state index >= 15 is 0 Å². The van der Waals surface area contributed by atoms with Gasteiger partial charge in [0.25, 0.3) is 0 Å². The second-order valence-electron chi connectivity index (χ2n) is 23.8. The number of allylic oxidation sites excluding steroid dienone is 10. The molecule has 0 fully saturated rings. The lowest BCUT2D eigenvalue weighted by atomic mass is 10.0. The van der Waals surface area contributed by atoms with Crippen LogP contribution in [0.4, 0.5) is 0 Å². The number of esters is 3. The average Bonchev–Trinajstić information content (AvgIpc) is 3.46. The molecule has 0 heterocycles. The standard InChI is InChI=1S/C74H134O6/c1-4-7-10-13-16-19-22-25-27-28-29-30-31-32-33-34-35-36-37-38-39-40-41-42-43-44-45-46-47-50-52-55-58-61-64-67-73(76)79-70-71(69-78-72(75)66-63-60-57-54-51-48-24-21-18-15-12-9-6-3)80-74(77)68-65-62-59-56-53-49-26-23-20-17-14-11-8-5-2/h9,12,18,21,23,26,28-29,48,51,71H,4-8,10-11,13-17,19-20,22,24-25,27,30-47,49-50,52-70H2,1-3H3/b12-9-,21-18-,26-23-,29-28-,51-48-. The maximum absolute atomic E-state index is 12.9. The molecule has 0 aromatic rings. The largest absolute Gasteiger partial charge is 0.462 e. The molecule has 0 rings (SSSR count). The van der Waals surface area contributed by atoms with E-state index in [-0.39, 0.29) is 31.1 Å². The maximum Gasteiger partial charge on any atom is 0.306 e. The molecular weight excluding hydrogens is 985 g/mol. The van der Waals surface area contributed by atoms with E-state index in [1.54, 1.807) is 0 Å². The van der Waals surface area contributed by atoms with E-state index in [1.165, 1.54) is 238 Å². The molecule has 0 aromatic heterocycles. The van der Waals surface area contributed by atoms with E-state index in [0.717, 1.165) is 96.3 Å². The zero-order valence-corrected chi connectivity index (χ0v) is 53.6. The van der Waals surface area contributed by atoms with Crippen LogP contribution >= 0.6 is 0 Å². The Kier molecular flexibility index (Phi) is 66.1. The Morgan fingerprint density at radius 2 is 0.487 bits per heavy atom. The Balaban J connectivity index is 4.05. The van der Waals surface area contributed by atoms with Crippen LogP contribution in [0.15, 0.2) is 60.8 Å². The van der Waals surface area contributed by atoms with Crippen LogP contribution in [0.5, 0.6) is 0 Å². The highest BCUT2D eigenvalue weighted by molar-refractivity contribution is 5.71. The summed E-state index contributed by atoms with van der Waals surface area (Å²) in [4.78, 5) is 38.3. The third-order valence-electron chi connectivity index (χ3n) is 15.7. The van der Waals surface area contributed by atoms with Gasteiger partial charge in [0.1, 0.15) is 13.2 Å². The van der Waals surface area contributed by atoms with Crippen molar-refractivity contribution >= 4 is 17.9 Å². The first kappa shape index (κ1) is 77.1. The Hall–Kier alpha value is -2.89. The molecule has 1 unspecified atom stereocenters. The number of carbonyl (C=O) groups excluding carboxylic acids is 3. The minimum absolute atomic E-state index is 0.0837. The van der Waals surface area contributed by atoms with E-state index in [2.05, 4.69) is 81.5 Å². The molecule has 6 heteroatoms. The van der Waals surface area contributed by atoms with E-state index in [1.807, 2.05) is 0 Å². The van der Waals surface area contributed by atoms with Crippen LogP contribution in [0, 0.1) is 0 Å². The van der Waals surface area contributed by atoms with Gasteiger partial charge in [-0.15, -0.1) is 0 Å². The molecule has 466 valence electrons. The lowest BCUT2D eigenvalue weighted by Gasteiger charge is -2.18. The van der Waals surface area contributed by atoms with Gasteiger partial charge >= 0.3 is 17.9 Å². The Morgan fingerprint density at radius 3 is 0.787 bits per heavy atom. The van der Waals surface area contributed by atoms with Crippen molar-refractivity contribution in [2.75, 3.05) is 13.2 Å². The summed E-state index contributed by atoms with van der Waals surface area (Å²) >= 11 is 0. The minimum Gasteiger partial charge on any atom is -0.462 e. The Labute approximate surface area is 498 Å². The van der Waals surface area contributed by atoms with Gasteiger partial charge < -0.3 is 14.2 Å². The quantitative estimate of drug-likeness (QED) is 0.0261. The van der Waals surface area contributed by atoms with Crippen molar-refractivity contribution in [1.29, 1.82) is 0 Å². The summed E-state index contributed by atoms with van der Waals surface area (Å²) in [7, 11) is 0. The summed E-state index contributed by atoms with van der Waals surface area (Å²) < 4.78 is 16.9. The van der Waals surface area contributed by atoms with Crippen LogP contribution in [0.25, 0.3) is 0 Å². The van der Waals surface area contributed by atoms with Gasteiger partial charge in [0.05, 0.1) is 0 Å². The minimum atomic E-state index is -0.789. The Morgan fingerprint density at radius 1 is 0.263 bits per heavy atom. The van der Waals surface area contributed by atoms with Crippen molar-refractivity contribution in [3.8, 4) is 0 Å². The number of hydrogen-bond donors (Lipinski definition) is 0. The molecule has 0 N–H and O–H groups in total. The molecule has 0 saturated carbocycles. The zero-order chi connectivity index (χ0) is 57.8. The first-order valence-electron chi connectivity index (χ1n) is 35.3. The van der Waals surface area contributed by atoms with Crippen LogP contribution in [0.2, 0.25) is 0 Å². The van der Waals surface area contributed by atoms with Crippen molar-refractivity contribution in [3.05, 3.63) is 60.8 Å². The van der Waals surface area contributed by atoms with E-state index in [0.29, 0.717) is 19.3 Å². The fourth-order valence-electron chi connectivity index (χ4n) is 10.5. The molecule has 0 saturated heterocycles. The normalized spacial score (nSPS) is 12.4. The van der Waals surface area contributed by atoms with Gasteiger partial charge in [-0.05, 0) is 103 Å². The summed E-state index contributed by atoms with van der Waals surface area (Å²) in [5, 5.41) is 0. The summed E-state index contributed by atoms with van der Waals surface area (Å²) in [6, 6.07) is 0. The number of unbranched alkanes of at least 4 members (excludes halogenated alkanes) is 44. The summed E-state index contributed by atoms with van der Waals surface area (Å²) in [6.07, 6.45) is 88.6. The number of ether oxygens (including phenoxy) is 3. The highest BCUT2D eigenvalue weighted by Gasteiger charge is 2.19. The summed E-state index contributed by atoms with van der Waals surface area (Å²) in [5.41, 5.74) is 0. The van der Waals surface area contributed by atoms with Crippen molar-refractivity contribution in [2.45, 2.75) is 380 Å². The van der Waals surface area contributed by atoms with Crippen molar-refractivity contribution < 1.29 is 28.6 Å². The van der Waals surface area contributed by atoms with Crippen LogP contribution < -0.4 is 0 Å². The number of carbonyl (C=O) groups is 3. The molecule has 6 nitrogen and oxygen atoms in total. The third kappa shape index (κ3) is 65.9. The molecule has 0 spiro atoms. The van der Waals surface area contributed by atoms with Crippen LogP contribution in [0.3, 0.4) is 0 Å². The molecule has 1 atom stereocenters. The predicted molar refractivity (Wildman–Crippen MR) is 348 cm³/mol. The molecule has 0 aliphatic carbocycles. The van der Waals surface area contributed by atoms with Gasteiger partial charge in [-0.2, -0.15) is 0 Å². The maximum atomic E-state index is 12.9. The first-order valence-corrected chi connectivity index (χ1v) is 35.3. The third-order valence-corrected chi connectivity index (χ3v) is 15.7. The fourth-order valence-corrected chi connectivity index (χ4v) is 10.5. The number of rotatable bonds is 65. The summed E-state index contributed by atoms with van der Waals surface area (Å²) in [6.45, 7) is 6.53. The molecule has 0 aliphatic rings. The van der Waals surface area contributed by atoms with E-state index in [9.17, 15) is 14.4 Å². The SMILES string of the molecule is CC/C=C\C/C=C\C/C=C\CCCCCC(=O)OCC(COC(=O)CCCCCCCCCCCCCCCCCCCCCCCCC/C=C\CCCCCCCCCC)OC(=O)CCCCCCC/C=C\CCCCCCC. The van der Waals surface area contributed by atoms with Crippen LogP contribution in [-0.4, -0.2) is 37.2 Å². The van der Waals surface area contributed by atoms with Crippen molar-refractivity contribution in [2.24, 2.45) is 0 Å². The Bertz CT molecular complexity index is 1430. The molecular formula is C74H134O6. The molecule has 0 aliphatic heterocycles. The molecule has 0 bridgehead atoms. The van der Waals surface area contributed by atoms with Gasteiger partial charge in [0.2, 0.25) is 0 Å². The average molecular weight is 1120 g/mol. The molecule has 0 aromatic carbocycles. The number of hydrogen-bond acceptors (Lipinski definition) is 6.